The van der Waals surface area contributed by atoms with E-state index in [0.29, 0.717) is 47.7 Å². The molecule has 1 amide bonds. The molecule has 10 heteroatoms. The van der Waals surface area contributed by atoms with E-state index in [4.69, 9.17) is 4.74 Å². The van der Waals surface area contributed by atoms with Crippen LogP contribution in [0.2, 0.25) is 0 Å². The standard InChI is InChI=1S/C22H23F3N4O3/c1-3-29(11-4-12-31-2)21(30)15-5-10-18-19(13-15)26-14-27-20(18)28-16-6-8-17(9-7-16)32-22(23,24)25/h5-10,13-14H,3-4,11-12H2,1-2H3,(H,26,27,28). The number of alkyl halides is 3. The van der Waals surface area contributed by atoms with Crippen LogP contribution in [0.5, 0.6) is 5.75 Å². The highest BCUT2D eigenvalue weighted by molar-refractivity contribution is 6.00. The summed E-state index contributed by atoms with van der Waals surface area (Å²) >= 11 is 0. The van der Waals surface area contributed by atoms with Gasteiger partial charge in [-0.3, -0.25) is 4.79 Å². The molecule has 0 atom stereocenters. The molecule has 0 bridgehead atoms. The van der Waals surface area contributed by atoms with E-state index in [1.54, 1.807) is 30.2 Å². The zero-order valence-electron chi connectivity index (χ0n) is 17.6. The van der Waals surface area contributed by atoms with E-state index in [9.17, 15) is 18.0 Å². The Bertz CT molecular complexity index is 1060. The Balaban J connectivity index is 1.78. The maximum atomic E-state index is 12.9. The second kappa shape index (κ2) is 10.3. The van der Waals surface area contributed by atoms with E-state index in [1.165, 1.54) is 30.6 Å². The van der Waals surface area contributed by atoms with Crippen LogP contribution in [-0.4, -0.2) is 53.9 Å². The zero-order chi connectivity index (χ0) is 23.1. The Labute approximate surface area is 183 Å². The summed E-state index contributed by atoms with van der Waals surface area (Å²) in [7, 11) is 1.62. The van der Waals surface area contributed by atoms with Gasteiger partial charge in [0.05, 0.1) is 5.52 Å². The summed E-state index contributed by atoms with van der Waals surface area (Å²) in [5.41, 5.74) is 1.60. The number of rotatable bonds is 9. The molecular formula is C22H23F3N4O3. The molecule has 0 aliphatic rings. The molecule has 0 aliphatic heterocycles. The van der Waals surface area contributed by atoms with Crippen LogP contribution in [0.15, 0.2) is 48.8 Å². The third kappa shape index (κ3) is 6.07. The highest BCUT2D eigenvalue weighted by Crippen LogP contribution is 2.27. The molecule has 1 N–H and O–H groups in total. The second-order valence-corrected chi connectivity index (χ2v) is 6.88. The molecule has 3 rings (SSSR count). The first-order valence-electron chi connectivity index (χ1n) is 9.96. The minimum Gasteiger partial charge on any atom is -0.406 e. The predicted molar refractivity (Wildman–Crippen MR) is 114 cm³/mol. The van der Waals surface area contributed by atoms with Crippen molar-refractivity contribution in [3.05, 3.63) is 54.4 Å². The number of hydrogen-bond acceptors (Lipinski definition) is 6. The van der Waals surface area contributed by atoms with Gasteiger partial charge in [0, 0.05) is 43.4 Å². The molecule has 7 nitrogen and oxygen atoms in total. The summed E-state index contributed by atoms with van der Waals surface area (Å²) < 4.78 is 45.9. The second-order valence-electron chi connectivity index (χ2n) is 6.88. The highest BCUT2D eigenvalue weighted by atomic mass is 19.4. The Morgan fingerprint density at radius 1 is 1.12 bits per heavy atom. The van der Waals surface area contributed by atoms with Gasteiger partial charge in [0.15, 0.2) is 0 Å². The fourth-order valence-electron chi connectivity index (χ4n) is 3.15. The first kappa shape index (κ1) is 23.3. The van der Waals surface area contributed by atoms with Gasteiger partial charge in [-0.05, 0) is 55.8 Å². The Morgan fingerprint density at radius 3 is 2.53 bits per heavy atom. The lowest BCUT2D eigenvalue weighted by Gasteiger charge is -2.21. The van der Waals surface area contributed by atoms with Gasteiger partial charge in [-0.2, -0.15) is 0 Å². The van der Waals surface area contributed by atoms with E-state index >= 15 is 0 Å². The number of fused-ring (bicyclic) bond motifs is 1. The van der Waals surface area contributed by atoms with E-state index in [-0.39, 0.29) is 11.7 Å². The number of ether oxygens (including phenoxy) is 2. The average Bonchev–Trinajstić information content (AvgIpc) is 2.76. The van der Waals surface area contributed by atoms with Gasteiger partial charge in [0.2, 0.25) is 0 Å². The molecule has 0 fully saturated rings. The molecule has 170 valence electrons. The van der Waals surface area contributed by atoms with Gasteiger partial charge in [-0.15, -0.1) is 13.2 Å². The van der Waals surface area contributed by atoms with Crippen molar-refractivity contribution in [2.75, 3.05) is 32.1 Å². The van der Waals surface area contributed by atoms with E-state index in [1.807, 2.05) is 6.92 Å². The normalized spacial score (nSPS) is 11.4. The third-order valence-electron chi connectivity index (χ3n) is 4.68. The molecule has 0 saturated heterocycles. The fraction of sp³-hybridized carbons (Fsp3) is 0.318. The highest BCUT2D eigenvalue weighted by Gasteiger charge is 2.31. The molecule has 1 heterocycles. The van der Waals surface area contributed by atoms with Crippen LogP contribution < -0.4 is 10.1 Å². The molecule has 0 spiro atoms. The summed E-state index contributed by atoms with van der Waals surface area (Å²) in [5.74, 6) is 0.0505. The quantitative estimate of drug-likeness (QED) is 0.475. The van der Waals surface area contributed by atoms with Crippen molar-refractivity contribution in [1.82, 2.24) is 14.9 Å². The Hall–Kier alpha value is -3.40. The number of benzene rings is 2. The number of nitrogens with one attached hydrogen (secondary N) is 1. The Morgan fingerprint density at radius 2 is 1.88 bits per heavy atom. The molecule has 32 heavy (non-hydrogen) atoms. The van der Waals surface area contributed by atoms with Crippen molar-refractivity contribution in [2.24, 2.45) is 0 Å². The number of hydrogen-bond donors (Lipinski definition) is 1. The molecule has 0 radical (unpaired) electrons. The predicted octanol–water partition coefficient (Wildman–Crippen LogP) is 4.77. The van der Waals surface area contributed by atoms with Crippen molar-refractivity contribution >= 4 is 28.3 Å². The zero-order valence-corrected chi connectivity index (χ0v) is 17.6. The van der Waals surface area contributed by atoms with Gasteiger partial charge in [-0.25, -0.2) is 9.97 Å². The van der Waals surface area contributed by atoms with Crippen LogP contribution >= 0.6 is 0 Å². The van der Waals surface area contributed by atoms with E-state index < -0.39 is 6.36 Å². The van der Waals surface area contributed by atoms with Crippen molar-refractivity contribution < 1.29 is 27.4 Å². The smallest absolute Gasteiger partial charge is 0.406 e. The summed E-state index contributed by atoms with van der Waals surface area (Å²) in [6.07, 6.45) is -2.65. The summed E-state index contributed by atoms with van der Waals surface area (Å²) in [5, 5.41) is 3.73. The largest absolute Gasteiger partial charge is 0.573 e. The summed E-state index contributed by atoms with van der Waals surface area (Å²) in [4.78, 5) is 23.1. The van der Waals surface area contributed by atoms with E-state index in [0.717, 1.165) is 6.42 Å². The van der Waals surface area contributed by atoms with Crippen molar-refractivity contribution in [3.63, 3.8) is 0 Å². The van der Waals surface area contributed by atoms with Crippen LogP contribution in [-0.2, 0) is 4.74 Å². The van der Waals surface area contributed by atoms with Gasteiger partial charge in [-0.1, -0.05) is 0 Å². The van der Waals surface area contributed by atoms with E-state index in [2.05, 4.69) is 20.0 Å². The minimum absolute atomic E-state index is 0.0983. The van der Waals surface area contributed by atoms with Gasteiger partial charge in [0.25, 0.3) is 5.91 Å². The number of carbonyl (C=O) groups excluding carboxylic acids is 1. The molecular weight excluding hydrogens is 425 g/mol. The van der Waals surface area contributed by atoms with Crippen molar-refractivity contribution in [2.45, 2.75) is 19.7 Å². The number of amides is 1. The fourth-order valence-corrected chi connectivity index (χ4v) is 3.15. The lowest BCUT2D eigenvalue weighted by atomic mass is 10.1. The van der Waals surface area contributed by atoms with Crippen molar-refractivity contribution in [1.29, 1.82) is 0 Å². The Kier molecular flexibility index (Phi) is 7.47. The van der Waals surface area contributed by atoms with Crippen LogP contribution in [0.1, 0.15) is 23.7 Å². The maximum Gasteiger partial charge on any atom is 0.573 e. The molecule has 2 aromatic carbocycles. The number of halogens is 3. The average molecular weight is 448 g/mol. The van der Waals surface area contributed by atoms with Crippen LogP contribution in [0.4, 0.5) is 24.7 Å². The number of nitrogens with zero attached hydrogens (tertiary/aromatic N) is 3. The third-order valence-corrected chi connectivity index (χ3v) is 4.68. The number of aromatic nitrogens is 2. The van der Waals surface area contributed by atoms with Gasteiger partial charge in [0.1, 0.15) is 17.9 Å². The topological polar surface area (TPSA) is 76.6 Å². The van der Waals surface area contributed by atoms with Crippen LogP contribution in [0.25, 0.3) is 10.9 Å². The molecule has 3 aromatic rings. The SMILES string of the molecule is CCN(CCCOC)C(=O)c1ccc2c(Nc3ccc(OC(F)(F)F)cc3)ncnc2c1. The maximum absolute atomic E-state index is 12.9. The summed E-state index contributed by atoms with van der Waals surface area (Å²) in [6, 6.07) is 10.5. The van der Waals surface area contributed by atoms with Gasteiger partial charge < -0.3 is 19.7 Å². The first-order valence-corrected chi connectivity index (χ1v) is 9.96. The number of carbonyl (C=O) groups is 1. The van der Waals surface area contributed by atoms with Gasteiger partial charge >= 0.3 is 6.36 Å². The number of methoxy groups -OCH3 is 1. The van der Waals surface area contributed by atoms with Crippen LogP contribution in [0, 0.1) is 0 Å². The minimum atomic E-state index is -4.75. The van der Waals surface area contributed by atoms with Crippen LogP contribution in [0.3, 0.4) is 0 Å². The lowest BCUT2D eigenvalue weighted by Crippen LogP contribution is -2.32. The molecule has 1 aromatic heterocycles. The van der Waals surface area contributed by atoms with Crippen molar-refractivity contribution in [3.8, 4) is 5.75 Å². The molecule has 0 unspecified atom stereocenters. The first-order chi connectivity index (χ1) is 15.3. The molecule has 0 aliphatic carbocycles. The number of anilines is 2. The lowest BCUT2D eigenvalue weighted by molar-refractivity contribution is -0.274. The monoisotopic (exact) mass is 448 g/mol. The molecule has 0 saturated carbocycles. The summed E-state index contributed by atoms with van der Waals surface area (Å²) in [6.45, 7) is 3.66.